The zero-order valence-electron chi connectivity index (χ0n) is 9.75. The Kier molecular flexibility index (Phi) is 4.64. The molecule has 0 radical (unpaired) electrons. The number of rotatable bonds is 6. The van der Waals surface area contributed by atoms with Gasteiger partial charge in [0.05, 0.1) is 5.69 Å². The van der Waals surface area contributed by atoms with Gasteiger partial charge >= 0.3 is 0 Å². The standard InChI is InChI=1S/C13H17N3S/c14-7-1-10-17-11-12-3-5-13(6-4-12)16-9-2-8-15-16/h2-6,8-9H,1,7,10-11,14H2. The average Bonchev–Trinajstić information content (AvgIpc) is 2.89. The first-order valence-corrected chi connectivity index (χ1v) is 6.92. The maximum atomic E-state index is 5.46. The number of benzene rings is 1. The smallest absolute Gasteiger partial charge is 0.0645 e. The van der Waals surface area contributed by atoms with Gasteiger partial charge in [-0.2, -0.15) is 16.9 Å². The van der Waals surface area contributed by atoms with Gasteiger partial charge in [0.1, 0.15) is 0 Å². The summed E-state index contributed by atoms with van der Waals surface area (Å²) in [5.74, 6) is 2.19. The van der Waals surface area contributed by atoms with Crippen LogP contribution in [0.1, 0.15) is 12.0 Å². The Morgan fingerprint density at radius 2 is 2.06 bits per heavy atom. The monoisotopic (exact) mass is 247 g/mol. The molecule has 1 aromatic heterocycles. The molecule has 0 spiro atoms. The van der Waals surface area contributed by atoms with Gasteiger partial charge in [-0.1, -0.05) is 12.1 Å². The van der Waals surface area contributed by atoms with Crippen LogP contribution >= 0.6 is 11.8 Å². The van der Waals surface area contributed by atoms with E-state index in [0.717, 1.165) is 30.2 Å². The third-order valence-electron chi connectivity index (χ3n) is 2.47. The lowest BCUT2D eigenvalue weighted by molar-refractivity contribution is 0.880. The van der Waals surface area contributed by atoms with Crippen LogP contribution in [0, 0.1) is 0 Å². The molecule has 0 saturated heterocycles. The summed E-state index contributed by atoms with van der Waals surface area (Å²) >= 11 is 1.93. The van der Waals surface area contributed by atoms with E-state index in [2.05, 4.69) is 29.4 Å². The van der Waals surface area contributed by atoms with Crippen LogP contribution in [0.15, 0.2) is 42.7 Å². The molecule has 0 amide bonds. The van der Waals surface area contributed by atoms with Crippen LogP contribution in [0.4, 0.5) is 0 Å². The van der Waals surface area contributed by atoms with Crippen molar-refractivity contribution in [1.29, 1.82) is 0 Å². The van der Waals surface area contributed by atoms with Crippen molar-refractivity contribution in [2.24, 2.45) is 5.73 Å². The normalized spacial score (nSPS) is 10.6. The second-order valence-corrected chi connectivity index (χ2v) is 4.92. The second kappa shape index (κ2) is 6.47. The molecule has 1 aromatic carbocycles. The molecule has 3 nitrogen and oxygen atoms in total. The number of nitrogens with two attached hydrogens (primary N) is 1. The Hall–Kier alpha value is -1.26. The molecule has 4 heteroatoms. The predicted octanol–water partition coefficient (Wildman–Crippen LogP) is 2.45. The van der Waals surface area contributed by atoms with Gasteiger partial charge < -0.3 is 5.73 Å². The number of aromatic nitrogens is 2. The zero-order valence-corrected chi connectivity index (χ0v) is 10.6. The van der Waals surface area contributed by atoms with E-state index in [1.807, 2.05) is 28.7 Å². The van der Waals surface area contributed by atoms with Crippen LogP contribution in [0.25, 0.3) is 5.69 Å². The minimum atomic E-state index is 0.783. The summed E-state index contributed by atoms with van der Waals surface area (Å²) in [4.78, 5) is 0. The molecule has 2 N–H and O–H groups in total. The lowest BCUT2D eigenvalue weighted by Crippen LogP contribution is -1.99. The Balaban J connectivity index is 1.90. The summed E-state index contributed by atoms with van der Waals surface area (Å²) in [6.45, 7) is 0.783. The number of hydrogen-bond acceptors (Lipinski definition) is 3. The van der Waals surface area contributed by atoms with E-state index in [1.165, 1.54) is 5.56 Å². The van der Waals surface area contributed by atoms with E-state index < -0.39 is 0 Å². The topological polar surface area (TPSA) is 43.8 Å². The van der Waals surface area contributed by atoms with Gasteiger partial charge in [0.2, 0.25) is 0 Å². The maximum Gasteiger partial charge on any atom is 0.0645 e. The molecule has 0 aliphatic carbocycles. The summed E-state index contributed by atoms with van der Waals surface area (Å²) in [7, 11) is 0. The van der Waals surface area contributed by atoms with Crippen molar-refractivity contribution in [3.8, 4) is 5.69 Å². The van der Waals surface area contributed by atoms with Crippen LogP contribution in [-0.4, -0.2) is 22.1 Å². The molecule has 2 aromatic rings. The molecule has 0 unspecified atom stereocenters. The summed E-state index contributed by atoms with van der Waals surface area (Å²) < 4.78 is 1.87. The Morgan fingerprint density at radius 3 is 2.71 bits per heavy atom. The van der Waals surface area contributed by atoms with Gasteiger partial charge in [-0.05, 0) is 42.5 Å². The van der Waals surface area contributed by atoms with Crippen molar-refractivity contribution < 1.29 is 0 Å². The molecule has 1 heterocycles. The highest BCUT2D eigenvalue weighted by Gasteiger charge is 1.97. The van der Waals surface area contributed by atoms with E-state index >= 15 is 0 Å². The number of nitrogens with zero attached hydrogens (tertiary/aromatic N) is 2. The molecule has 17 heavy (non-hydrogen) atoms. The van der Waals surface area contributed by atoms with Gasteiger partial charge in [-0.3, -0.25) is 0 Å². The summed E-state index contributed by atoms with van der Waals surface area (Å²) in [6, 6.07) is 10.5. The van der Waals surface area contributed by atoms with Gasteiger partial charge in [0.15, 0.2) is 0 Å². The third-order valence-corrected chi connectivity index (χ3v) is 3.58. The Labute approximate surface area is 106 Å². The average molecular weight is 247 g/mol. The number of thioether (sulfide) groups is 1. The molecule has 90 valence electrons. The molecule has 0 atom stereocenters. The summed E-state index contributed by atoms with van der Waals surface area (Å²) in [5.41, 5.74) is 7.91. The molecular weight excluding hydrogens is 230 g/mol. The first-order valence-electron chi connectivity index (χ1n) is 5.77. The molecule has 0 fully saturated rings. The molecule has 0 bridgehead atoms. The van der Waals surface area contributed by atoms with Crippen LogP contribution < -0.4 is 5.73 Å². The fourth-order valence-corrected chi connectivity index (χ4v) is 2.49. The van der Waals surface area contributed by atoms with Gasteiger partial charge in [0.25, 0.3) is 0 Å². The van der Waals surface area contributed by atoms with Crippen molar-refractivity contribution >= 4 is 11.8 Å². The minimum Gasteiger partial charge on any atom is -0.330 e. The lowest BCUT2D eigenvalue weighted by atomic mass is 10.2. The molecular formula is C13H17N3S. The SMILES string of the molecule is NCCCSCc1ccc(-n2cccn2)cc1. The van der Waals surface area contributed by atoms with Gasteiger partial charge in [-0.25, -0.2) is 4.68 Å². The highest BCUT2D eigenvalue weighted by atomic mass is 32.2. The molecule has 0 aliphatic rings. The zero-order chi connectivity index (χ0) is 11.9. The van der Waals surface area contributed by atoms with Crippen molar-refractivity contribution in [2.45, 2.75) is 12.2 Å². The van der Waals surface area contributed by atoms with E-state index in [0.29, 0.717) is 0 Å². The highest BCUT2D eigenvalue weighted by molar-refractivity contribution is 7.98. The Bertz CT molecular complexity index is 422. The first-order chi connectivity index (χ1) is 8.40. The van der Waals surface area contributed by atoms with Crippen LogP contribution in [0.3, 0.4) is 0 Å². The number of hydrogen-bond donors (Lipinski definition) is 1. The van der Waals surface area contributed by atoms with E-state index in [9.17, 15) is 0 Å². The third kappa shape index (κ3) is 3.61. The van der Waals surface area contributed by atoms with Gasteiger partial charge in [0, 0.05) is 18.1 Å². The minimum absolute atomic E-state index is 0.783. The fraction of sp³-hybridized carbons (Fsp3) is 0.308. The van der Waals surface area contributed by atoms with E-state index in [4.69, 9.17) is 5.73 Å². The predicted molar refractivity (Wildman–Crippen MR) is 73.4 cm³/mol. The molecule has 0 saturated carbocycles. The van der Waals surface area contributed by atoms with Crippen molar-refractivity contribution in [1.82, 2.24) is 9.78 Å². The van der Waals surface area contributed by atoms with Crippen LogP contribution in [-0.2, 0) is 5.75 Å². The largest absolute Gasteiger partial charge is 0.330 e. The highest BCUT2D eigenvalue weighted by Crippen LogP contribution is 2.15. The van der Waals surface area contributed by atoms with E-state index in [-0.39, 0.29) is 0 Å². The summed E-state index contributed by atoms with van der Waals surface area (Å²) in [5, 5.41) is 4.20. The Morgan fingerprint density at radius 1 is 1.24 bits per heavy atom. The van der Waals surface area contributed by atoms with Gasteiger partial charge in [-0.15, -0.1) is 0 Å². The van der Waals surface area contributed by atoms with Crippen LogP contribution in [0.5, 0.6) is 0 Å². The van der Waals surface area contributed by atoms with Crippen molar-refractivity contribution in [2.75, 3.05) is 12.3 Å². The second-order valence-electron chi connectivity index (χ2n) is 3.81. The summed E-state index contributed by atoms with van der Waals surface area (Å²) in [6.07, 6.45) is 4.83. The van der Waals surface area contributed by atoms with E-state index in [1.54, 1.807) is 6.20 Å². The quantitative estimate of drug-likeness (QED) is 0.797. The fourth-order valence-electron chi connectivity index (χ4n) is 1.54. The first kappa shape index (κ1) is 12.2. The maximum absolute atomic E-state index is 5.46. The lowest BCUT2D eigenvalue weighted by Gasteiger charge is -2.04. The van der Waals surface area contributed by atoms with Crippen molar-refractivity contribution in [3.05, 3.63) is 48.3 Å². The molecule has 0 aliphatic heterocycles. The van der Waals surface area contributed by atoms with Crippen LogP contribution in [0.2, 0.25) is 0 Å². The molecule has 2 rings (SSSR count). The van der Waals surface area contributed by atoms with Crippen molar-refractivity contribution in [3.63, 3.8) is 0 Å².